The Kier molecular flexibility index (Phi) is 5.88. The largest absolute Gasteiger partial charge is 0.337 e. The van der Waals surface area contributed by atoms with Gasteiger partial charge in [0.2, 0.25) is 0 Å². The average molecular weight is 444 g/mol. The third-order valence-corrected chi connectivity index (χ3v) is 7.21. The van der Waals surface area contributed by atoms with Crippen LogP contribution < -0.4 is 5.32 Å². The minimum absolute atomic E-state index is 0.0114. The van der Waals surface area contributed by atoms with E-state index in [1.807, 2.05) is 34.7 Å². The lowest BCUT2D eigenvalue weighted by Crippen LogP contribution is -2.54. The van der Waals surface area contributed by atoms with E-state index < -0.39 is 5.54 Å². The summed E-state index contributed by atoms with van der Waals surface area (Å²) in [6, 6.07) is 3.47. The van der Waals surface area contributed by atoms with Crippen LogP contribution in [0.15, 0.2) is 22.9 Å². The Morgan fingerprint density at radius 2 is 2.06 bits per heavy atom. The second-order valence-corrected chi connectivity index (χ2v) is 9.40. The third kappa shape index (κ3) is 3.98. The van der Waals surface area contributed by atoms with E-state index in [9.17, 15) is 14.4 Å². The predicted octanol–water partition coefficient (Wildman–Crippen LogP) is 2.80. The first-order valence-corrected chi connectivity index (χ1v) is 11.7. The molecule has 1 unspecified atom stereocenters. The first kappa shape index (κ1) is 21.5. The number of urea groups is 1. The average Bonchev–Trinajstić information content (AvgIpc) is 3.45. The fourth-order valence-corrected chi connectivity index (χ4v) is 5.29. The maximum absolute atomic E-state index is 13.2. The molecule has 0 spiro atoms. The van der Waals surface area contributed by atoms with Gasteiger partial charge in [-0.15, -0.1) is 0 Å². The zero-order chi connectivity index (χ0) is 22.2. The number of carbonyl (C=O) groups is 3. The van der Waals surface area contributed by atoms with Crippen LogP contribution in [0.2, 0.25) is 0 Å². The Morgan fingerprint density at radius 1 is 1.32 bits per heavy atom. The van der Waals surface area contributed by atoms with Gasteiger partial charge < -0.3 is 10.2 Å². The molecule has 2 aliphatic rings. The van der Waals surface area contributed by atoms with Gasteiger partial charge in [-0.25, -0.2) is 4.79 Å². The number of amides is 4. The van der Waals surface area contributed by atoms with E-state index >= 15 is 0 Å². The molecule has 8 nitrogen and oxygen atoms in total. The van der Waals surface area contributed by atoms with Gasteiger partial charge in [0.05, 0.1) is 12.2 Å². The minimum atomic E-state index is -0.928. The molecule has 1 N–H and O–H groups in total. The maximum atomic E-state index is 13.2. The van der Waals surface area contributed by atoms with Gasteiger partial charge in [-0.3, -0.25) is 19.2 Å². The standard InChI is InChI=1S/C22H29N5O3S/c1-4-5-17-12-18(25(3)24-17)19(28)26-9-6-16(7-10-26)22(2)20(29)27(21(30)23-22)13-15-8-11-31-14-15/h8,11-12,14,16H,4-7,9-10,13H2,1-3H3,(H,23,30). The molecule has 0 aromatic carbocycles. The van der Waals surface area contributed by atoms with Crippen molar-refractivity contribution >= 4 is 29.2 Å². The molecule has 0 bridgehead atoms. The second-order valence-electron chi connectivity index (χ2n) is 8.62. The lowest BCUT2D eigenvalue weighted by molar-refractivity contribution is -0.133. The summed E-state index contributed by atoms with van der Waals surface area (Å²) >= 11 is 1.55. The van der Waals surface area contributed by atoms with E-state index in [-0.39, 0.29) is 23.8 Å². The normalized spacial score (nSPS) is 22.3. The lowest BCUT2D eigenvalue weighted by atomic mass is 9.79. The first-order valence-electron chi connectivity index (χ1n) is 10.8. The quantitative estimate of drug-likeness (QED) is 0.696. The van der Waals surface area contributed by atoms with Gasteiger partial charge in [0.15, 0.2) is 0 Å². The van der Waals surface area contributed by atoms with Crippen molar-refractivity contribution in [3.63, 3.8) is 0 Å². The lowest BCUT2D eigenvalue weighted by Gasteiger charge is -2.38. The molecule has 4 amide bonds. The number of thiophene rings is 1. The van der Waals surface area contributed by atoms with Crippen LogP contribution in [0.4, 0.5) is 4.79 Å². The molecule has 2 aliphatic heterocycles. The molecule has 31 heavy (non-hydrogen) atoms. The number of nitrogens with zero attached hydrogens (tertiary/aromatic N) is 4. The Bertz CT molecular complexity index is 977. The van der Waals surface area contributed by atoms with Crippen LogP contribution in [0, 0.1) is 5.92 Å². The number of hydrogen-bond acceptors (Lipinski definition) is 5. The Balaban J connectivity index is 1.40. The van der Waals surface area contributed by atoms with Crippen molar-refractivity contribution in [3.05, 3.63) is 39.8 Å². The van der Waals surface area contributed by atoms with E-state index in [0.29, 0.717) is 38.2 Å². The molecule has 0 saturated carbocycles. The summed E-state index contributed by atoms with van der Waals surface area (Å²) in [5, 5.41) is 11.3. The van der Waals surface area contributed by atoms with Gasteiger partial charge in [0.25, 0.3) is 11.8 Å². The highest BCUT2D eigenvalue weighted by Gasteiger charge is 2.52. The number of aromatic nitrogens is 2. The number of aryl methyl sites for hydroxylation is 2. The maximum Gasteiger partial charge on any atom is 0.325 e. The van der Waals surface area contributed by atoms with Gasteiger partial charge in [-0.05, 0) is 60.6 Å². The number of imide groups is 1. The Hall–Kier alpha value is -2.68. The van der Waals surface area contributed by atoms with E-state index in [1.54, 1.807) is 23.1 Å². The molecule has 2 aromatic rings. The fourth-order valence-electron chi connectivity index (χ4n) is 4.63. The second kappa shape index (κ2) is 8.45. The first-order chi connectivity index (χ1) is 14.8. The molecule has 0 aliphatic carbocycles. The summed E-state index contributed by atoms with van der Waals surface area (Å²) in [5.74, 6) is -0.214. The number of rotatable bonds is 6. The molecule has 2 saturated heterocycles. The highest BCUT2D eigenvalue weighted by molar-refractivity contribution is 7.07. The van der Waals surface area contributed by atoms with Crippen LogP contribution in [0.1, 0.15) is 54.9 Å². The summed E-state index contributed by atoms with van der Waals surface area (Å²) in [5.41, 5.74) is 1.56. The van der Waals surface area contributed by atoms with Crippen LogP contribution in [-0.4, -0.2) is 56.1 Å². The molecule has 166 valence electrons. The third-order valence-electron chi connectivity index (χ3n) is 6.48. The summed E-state index contributed by atoms with van der Waals surface area (Å²) < 4.78 is 1.66. The summed E-state index contributed by atoms with van der Waals surface area (Å²) in [6.07, 6.45) is 3.17. The molecule has 0 radical (unpaired) electrons. The van der Waals surface area contributed by atoms with Crippen molar-refractivity contribution in [1.82, 2.24) is 24.9 Å². The topological polar surface area (TPSA) is 87.5 Å². The van der Waals surface area contributed by atoms with Crippen LogP contribution in [0.25, 0.3) is 0 Å². The van der Waals surface area contributed by atoms with Gasteiger partial charge in [0, 0.05) is 20.1 Å². The molecular weight excluding hydrogens is 414 g/mol. The zero-order valence-electron chi connectivity index (χ0n) is 18.3. The van der Waals surface area contributed by atoms with Gasteiger partial charge in [-0.2, -0.15) is 16.4 Å². The van der Waals surface area contributed by atoms with Crippen molar-refractivity contribution in [3.8, 4) is 0 Å². The number of nitrogens with one attached hydrogen (secondary N) is 1. The van der Waals surface area contributed by atoms with Crippen molar-refractivity contribution in [2.75, 3.05) is 13.1 Å². The molecule has 2 aromatic heterocycles. The Labute approximate surface area is 186 Å². The van der Waals surface area contributed by atoms with Crippen LogP contribution in [0.3, 0.4) is 0 Å². The molecular formula is C22H29N5O3S. The molecule has 9 heteroatoms. The molecule has 2 fully saturated rings. The van der Waals surface area contributed by atoms with E-state index in [2.05, 4.69) is 17.3 Å². The van der Waals surface area contributed by atoms with E-state index in [4.69, 9.17) is 0 Å². The fraction of sp³-hybridized carbons (Fsp3) is 0.545. The summed E-state index contributed by atoms with van der Waals surface area (Å²) in [7, 11) is 1.80. The molecule has 1 atom stereocenters. The highest BCUT2D eigenvalue weighted by atomic mass is 32.1. The summed E-state index contributed by atoms with van der Waals surface area (Å²) in [4.78, 5) is 41.9. The SMILES string of the molecule is CCCc1cc(C(=O)N2CCC(C3(C)NC(=O)N(Cc4ccsc4)C3=O)CC2)n(C)n1. The number of hydrogen-bond donors (Lipinski definition) is 1. The van der Waals surface area contributed by atoms with Crippen molar-refractivity contribution < 1.29 is 14.4 Å². The molecule has 4 rings (SSSR count). The van der Waals surface area contributed by atoms with Gasteiger partial charge >= 0.3 is 6.03 Å². The van der Waals surface area contributed by atoms with Gasteiger partial charge in [-0.1, -0.05) is 13.3 Å². The predicted molar refractivity (Wildman–Crippen MR) is 118 cm³/mol. The monoisotopic (exact) mass is 443 g/mol. The summed E-state index contributed by atoms with van der Waals surface area (Å²) in [6.45, 7) is 5.32. The van der Waals surface area contributed by atoms with Crippen LogP contribution in [-0.2, 0) is 24.8 Å². The minimum Gasteiger partial charge on any atom is -0.337 e. The van der Waals surface area contributed by atoms with Crippen molar-refractivity contribution in [2.45, 2.75) is 51.6 Å². The Morgan fingerprint density at radius 3 is 2.71 bits per heavy atom. The van der Waals surface area contributed by atoms with Crippen LogP contribution in [0.5, 0.6) is 0 Å². The van der Waals surface area contributed by atoms with E-state index in [0.717, 1.165) is 24.1 Å². The van der Waals surface area contributed by atoms with Crippen LogP contribution >= 0.6 is 11.3 Å². The number of carbonyl (C=O) groups excluding carboxylic acids is 3. The smallest absolute Gasteiger partial charge is 0.325 e. The highest BCUT2D eigenvalue weighted by Crippen LogP contribution is 2.34. The van der Waals surface area contributed by atoms with Gasteiger partial charge in [0.1, 0.15) is 11.2 Å². The zero-order valence-corrected chi connectivity index (χ0v) is 19.1. The molecule has 4 heterocycles. The van der Waals surface area contributed by atoms with Crippen molar-refractivity contribution in [1.29, 1.82) is 0 Å². The number of likely N-dealkylation sites (tertiary alicyclic amines) is 1. The van der Waals surface area contributed by atoms with Crippen molar-refractivity contribution in [2.24, 2.45) is 13.0 Å². The number of piperidine rings is 1. The van der Waals surface area contributed by atoms with E-state index in [1.165, 1.54) is 4.90 Å².